The van der Waals surface area contributed by atoms with Crippen LogP contribution in [-0.2, 0) is 4.79 Å². The highest BCUT2D eigenvalue weighted by molar-refractivity contribution is 5.83. The van der Waals surface area contributed by atoms with Gasteiger partial charge in [-0.25, -0.2) is 9.59 Å². The average Bonchev–Trinajstić information content (AvgIpc) is 2.70. The van der Waals surface area contributed by atoms with Crippen molar-refractivity contribution in [2.75, 3.05) is 13.1 Å². The van der Waals surface area contributed by atoms with Crippen LogP contribution in [0.2, 0.25) is 0 Å². The van der Waals surface area contributed by atoms with Gasteiger partial charge in [-0.15, -0.1) is 0 Å². The van der Waals surface area contributed by atoms with Gasteiger partial charge in [-0.1, -0.05) is 13.8 Å². The summed E-state index contributed by atoms with van der Waals surface area (Å²) < 4.78 is 0. The minimum Gasteiger partial charge on any atom is -0.480 e. The molecule has 0 aromatic rings. The molecular weight excluding hydrogens is 236 g/mol. The molecule has 2 aliphatic rings. The van der Waals surface area contributed by atoms with Crippen molar-refractivity contribution in [3.8, 4) is 0 Å². The van der Waals surface area contributed by atoms with Gasteiger partial charge in [-0.2, -0.15) is 0 Å². The molecule has 1 saturated heterocycles. The first-order chi connectivity index (χ1) is 8.31. The number of amides is 2. The maximum Gasteiger partial charge on any atom is 0.326 e. The molecule has 3 N–H and O–H groups in total. The maximum atomic E-state index is 11.9. The number of carbonyl (C=O) groups is 2. The van der Waals surface area contributed by atoms with E-state index in [-0.39, 0.29) is 24.4 Å². The van der Waals surface area contributed by atoms with Crippen LogP contribution in [0.15, 0.2) is 0 Å². The van der Waals surface area contributed by atoms with Gasteiger partial charge in [0.15, 0.2) is 0 Å². The maximum absolute atomic E-state index is 11.9. The number of nitrogens with zero attached hydrogens (tertiary/aromatic N) is 1. The minimum atomic E-state index is -1.06. The van der Waals surface area contributed by atoms with Crippen molar-refractivity contribution in [3.63, 3.8) is 0 Å². The van der Waals surface area contributed by atoms with E-state index in [1.165, 1.54) is 4.90 Å². The normalized spacial score (nSPS) is 33.3. The molecule has 1 saturated carbocycles. The fourth-order valence-electron chi connectivity index (χ4n) is 2.51. The zero-order valence-electron chi connectivity index (χ0n) is 10.7. The molecule has 0 aromatic carbocycles. The van der Waals surface area contributed by atoms with Crippen LogP contribution < -0.4 is 5.32 Å². The smallest absolute Gasteiger partial charge is 0.326 e. The lowest BCUT2D eigenvalue weighted by atomic mass is 10.1. The van der Waals surface area contributed by atoms with Crippen LogP contribution in [0.25, 0.3) is 0 Å². The van der Waals surface area contributed by atoms with Gasteiger partial charge in [0.05, 0.1) is 6.10 Å². The molecule has 18 heavy (non-hydrogen) atoms. The number of hydrogen-bond donors (Lipinski definition) is 3. The van der Waals surface area contributed by atoms with Gasteiger partial charge in [0.1, 0.15) is 6.04 Å². The Kier molecular flexibility index (Phi) is 3.23. The number of carboxylic acids is 1. The molecule has 2 fully saturated rings. The van der Waals surface area contributed by atoms with Crippen LogP contribution in [0.5, 0.6) is 0 Å². The molecule has 6 heteroatoms. The summed E-state index contributed by atoms with van der Waals surface area (Å²) in [6.07, 6.45) is 0.449. The van der Waals surface area contributed by atoms with Crippen molar-refractivity contribution in [1.29, 1.82) is 0 Å². The number of urea groups is 1. The van der Waals surface area contributed by atoms with Gasteiger partial charge in [0, 0.05) is 19.5 Å². The zero-order chi connectivity index (χ0) is 13.5. The predicted octanol–water partition coefficient (Wildman–Crippen LogP) is 0.262. The summed E-state index contributed by atoms with van der Waals surface area (Å²) in [6, 6.07) is -1.30. The Morgan fingerprint density at radius 2 is 2.06 bits per heavy atom. The van der Waals surface area contributed by atoms with E-state index in [9.17, 15) is 14.7 Å². The highest BCUT2D eigenvalue weighted by Crippen LogP contribution is 2.50. The summed E-state index contributed by atoms with van der Waals surface area (Å²) in [5, 5.41) is 21.2. The first-order valence-electron chi connectivity index (χ1n) is 6.26. The van der Waals surface area contributed by atoms with E-state index in [1.54, 1.807) is 0 Å². The fourth-order valence-corrected chi connectivity index (χ4v) is 2.51. The largest absolute Gasteiger partial charge is 0.480 e. The van der Waals surface area contributed by atoms with E-state index >= 15 is 0 Å². The highest BCUT2D eigenvalue weighted by Gasteiger charge is 2.46. The lowest BCUT2D eigenvalue weighted by Crippen LogP contribution is -2.46. The summed E-state index contributed by atoms with van der Waals surface area (Å²) in [6.45, 7) is 4.95. The molecule has 0 radical (unpaired) electrons. The lowest BCUT2D eigenvalue weighted by Gasteiger charge is -2.21. The molecule has 3 atom stereocenters. The number of rotatable bonds is 3. The SMILES string of the molecule is CC1(C)CC1CNC(=O)N1C[C@H](O)C[C@H]1C(=O)O. The highest BCUT2D eigenvalue weighted by atomic mass is 16.4. The van der Waals surface area contributed by atoms with Gasteiger partial charge in [0.25, 0.3) is 0 Å². The number of aliphatic hydroxyl groups is 1. The van der Waals surface area contributed by atoms with Crippen LogP contribution in [0.1, 0.15) is 26.7 Å². The molecule has 0 bridgehead atoms. The molecule has 1 aliphatic heterocycles. The molecule has 2 rings (SSSR count). The second-order valence-electron chi connectivity index (χ2n) is 5.97. The molecule has 1 aliphatic carbocycles. The van der Waals surface area contributed by atoms with Crippen molar-refractivity contribution >= 4 is 12.0 Å². The Morgan fingerprint density at radius 1 is 1.44 bits per heavy atom. The third kappa shape index (κ3) is 2.58. The average molecular weight is 256 g/mol. The summed E-state index contributed by atoms with van der Waals surface area (Å²) in [4.78, 5) is 24.1. The summed E-state index contributed by atoms with van der Waals surface area (Å²) in [7, 11) is 0. The number of hydrogen-bond acceptors (Lipinski definition) is 3. The summed E-state index contributed by atoms with van der Waals surface area (Å²) in [5.74, 6) is -0.592. The van der Waals surface area contributed by atoms with Crippen LogP contribution in [0, 0.1) is 11.3 Å². The van der Waals surface area contributed by atoms with Crippen molar-refractivity contribution in [2.45, 2.75) is 38.8 Å². The van der Waals surface area contributed by atoms with E-state index in [2.05, 4.69) is 19.2 Å². The third-order valence-electron chi connectivity index (χ3n) is 4.04. The van der Waals surface area contributed by atoms with Crippen LogP contribution in [0.3, 0.4) is 0 Å². The Hall–Kier alpha value is -1.30. The fraction of sp³-hybridized carbons (Fsp3) is 0.833. The monoisotopic (exact) mass is 256 g/mol. The standard InChI is InChI=1S/C12H20N2O4/c1-12(2)4-7(12)5-13-11(18)14-6-8(15)3-9(14)10(16)17/h7-9,15H,3-6H2,1-2H3,(H,13,18)(H,16,17)/t7?,8-,9+/m1/s1. The van der Waals surface area contributed by atoms with E-state index < -0.39 is 18.1 Å². The van der Waals surface area contributed by atoms with Gasteiger partial charge in [0.2, 0.25) is 0 Å². The van der Waals surface area contributed by atoms with Crippen molar-refractivity contribution in [1.82, 2.24) is 10.2 Å². The lowest BCUT2D eigenvalue weighted by molar-refractivity contribution is -0.141. The quantitative estimate of drug-likeness (QED) is 0.675. The first-order valence-corrected chi connectivity index (χ1v) is 6.26. The van der Waals surface area contributed by atoms with Crippen LogP contribution in [-0.4, -0.2) is 52.3 Å². The second-order valence-corrected chi connectivity index (χ2v) is 5.97. The number of β-amino-alcohol motifs (C(OH)–C–C–N with tert-alkyl or cyclic N) is 1. The molecule has 6 nitrogen and oxygen atoms in total. The first kappa shape index (κ1) is 13.1. The van der Waals surface area contributed by atoms with Crippen LogP contribution in [0.4, 0.5) is 4.79 Å². The molecular formula is C12H20N2O4. The molecule has 102 valence electrons. The van der Waals surface area contributed by atoms with Gasteiger partial charge < -0.3 is 20.4 Å². The Labute approximate surface area is 106 Å². The third-order valence-corrected chi connectivity index (χ3v) is 4.04. The second kappa shape index (κ2) is 4.42. The van der Waals surface area contributed by atoms with E-state index in [4.69, 9.17) is 5.11 Å². The number of carboxylic acid groups (broad SMARTS) is 1. The number of likely N-dealkylation sites (tertiary alicyclic amines) is 1. The molecule has 1 heterocycles. The van der Waals surface area contributed by atoms with Gasteiger partial charge in [-0.05, 0) is 17.8 Å². The van der Waals surface area contributed by atoms with Crippen molar-refractivity contribution < 1.29 is 19.8 Å². The predicted molar refractivity (Wildman–Crippen MR) is 64.0 cm³/mol. The minimum absolute atomic E-state index is 0.0941. The van der Waals surface area contributed by atoms with Crippen molar-refractivity contribution in [3.05, 3.63) is 0 Å². The molecule has 2 amide bonds. The van der Waals surface area contributed by atoms with E-state index in [1.807, 2.05) is 0 Å². The molecule has 1 unspecified atom stereocenters. The number of carbonyl (C=O) groups excluding carboxylic acids is 1. The van der Waals surface area contributed by atoms with E-state index in [0.29, 0.717) is 12.5 Å². The van der Waals surface area contributed by atoms with Gasteiger partial charge in [-0.3, -0.25) is 0 Å². The number of aliphatic carboxylic acids is 1. The Balaban J connectivity index is 1.86. The van der Waals surface area contributed by atoms with Crippen molar-refractivity contribution in [2.24, 2.45) is 11.3 Å². The number of aliphatic hydroxyl groups excluding tert-OH is 1. The molecule has 0 spiro atoms. The topological polar surface area (TPSA) is 89.9 Å². The van der Waals surface area contributed by atoms with Gasteiger partial charge >= 0.3 is 12.0 Å². The number of nitrogens with one attached hydrogen (secondary N) is 1. The summed E-state index contributed by atoms with van der Waals surface area (Å²) in [5.41, 5.74) is 0.282. The Morgan fingerprint density at radius 3 is 2.56 bits per heavy atom. The Bertz CT molecular complexity index is 369. The molecule has 0 aromatic heterocycles. The van der Waals surface area contributed by atoms with E-state index in [0.717, 1.165) is 6.42 Å². The zero-order valence-corrected chi connectivity index (χ0v) is 10.7. The van der Waals surface area contributed by atoms with Crippen LogP contribution >= 0.6 is 0 Å². The summed E-state index contributed by atoms with van der Waals surface area (Å²) >= 11 is 0.